The fourth-order valence-corrected chi connectivity index (χ4v) is 14.4. The van der Waals surface area contributed by atoms with Crippen molar-refractivity contribution >= 4 is 82.8 Å². The summed E-state index contributed by atoms with van der Waals surface area (Å²) in [4.78, 5) is 149. The number of ketones is 2. The first-order valence-corrected chi connectivity index (χ1v) is 33.0. The monoisotopic (exact) mass is 1370 g/mol. The summed E-state index contributed by atoms with van der Waals surface area (Å²) < 4.78 is 38.5. The highest BCUT2D eigenvalue weighted by atomic mass is 35.5. The molecule has 6 amide bonds. The van der Waals surface area contributed by atoms with E-state index in [1.54, 1.807) is 77.9 Å². The standard InChI is InChI=1S/C71H90ClFN6O18/c1-38-49(37-71(93)61(96-64(90)42-20-14-11-15-21-42)59-69(8)32-31-44(69)35-50(81)70(59,9)60(87)57(86)55(38)68(71,6)7)94-65(91)58(56(41-18-12-10-13-19-41)79-66(92)97-67(3,4)5)95-54(85)30-29-51(82)76-33-17-16-22-47(63(75)89)78-53(84)28-25-43(62(74)88)34-48(80)39(2)77-52(83)27-24-40-23-26-45(72)36-46(40)73/h10-15,18-21,23-24,26-27,36,39,43-44,47,49-50,56-59,61,81,86,93H,16-17,22,25,28-35,37H2,1-9H3,(H2,74,88)(H2,75,89)(H,76,82)(H,77,83)(H,78,84)(H,79,92)/b27-24+/t39?,43-,44-,47?,49+,50+,56-,57-,58-,59-,61+,69-,70-,71-/m1/s1. The van der Waals surface area contributed by atoms with E-state index in [1.165, 1.54) is 56.3 Å². The Morgan fingerprint density at radius 3 is 2.09 bits per heavy atom. The summed E-state index contributed by atoms with van der Waals surface area (Å²) in [5.41, 5.74) is 4.12. The van der Waals surface area contributed by atoms with Crippen molar-refractivity contribution in [1.29, 1.82) is 0 Å². The normalized spacial score (nSPS) is 25.6. The molecule has 2 unspecified atom stereocenters. The molecule has 14 atom stereocenters. The van der Waals surface area contributed by atoms with Gasteiger partial charge >= 0.3 is 24.0 Å². The summed E-state index contributed by atoms with van der Waals surface area (Å²) >= 11 is 5.77. The van der Waals surface area contributed by atoms with Crippen LogP contribution >= 0.6 is 11.6 Å². The van der Waals surface area contributed by atoms with Gasteiger partial charge in [0.25, 0.3) is 0 Å². The molecule has 0 aliphatic heterocycles. The Balaban J connectivity index is 1.01. The number of carbonyl (C=O) groups is 11. The van der Waals surface area contributed by atoms with Crippen molar-refractivity contribution in [1.82, 2.24) is 21.3 Å². The number of benzene rings is 3. The number of halogens is 2. The summed E-state index contributed by atoms with van der Waals surface area (Å²) in [6.07, 6.45) is -7.97. The fourth-order valence-electron chi connectivity index (χ4n) is 14.2. The number of unbranched alkanes of at least 4 members (excludes halogenated alkanes) is 1. The molecule has 2 bridgehead atoms. The van der Waals surface area contributed by atoms with E-state index in [1.807, 2.05) is 6.92 Å². The van der Waals surface area contributed by atoms with Crippen molar-refractivity contribution in [2.45, 2.75) is 199 Å². The molecule has 526 valence electrons. The van der Waals surface area contributed by atoms with E-state index >= 15 is 9.59 Å². The molecule has 11 N–H and O–H groups in total. The minimum absolute atomic E-state index is 0.0220. The van der Waals surface area contributed by atoms with Crippen LogP contribution in [-0.4, -0.2) is 141 Å². The molecule has 4 aliphatic rings. The number of alkyl carbamates (subject to hydrolysis) is 1. The third-order valence-electron chi connectivity index (χ3n) is 19.9. The molecule has 0 spiro atoms. The Labute approximate surface area is 567 Å². The maximum Gasteiger partial charge on any atom is 0.408 e. The largest absolute Gasteiger partial charge is 0.455 e. The molecule has 26 heteroatoms. The number of carbonyl (C=O) groups excluding carboxylic acids is 11. The molecular weight excluding hydrogens is 1280 g/mol. The second-order valence-corrected chi connectivity index (χ2v) is 28.3. The highest BCUT2D eigenvalue weighted by Gasteiger charge is 2.74. The van der Waals surface area contributed by atoms with Crippen LogP contribution in [0.25, 0.3) is 6.08 Å². The second-order valence-electron chi connectivity index (χ2n) is 27.8. The highest BCUT2D eigenvalue weighted by molar-refractivity contribution is 6.30. The minimum atomic E-state index is -2.28. The van der Waals surface area contributed by atoms with E-state index < -0.39 is 185 Å². The zero-order chi connectivity index (χ0) is 71.7. The first-order valence-electron chi connectivity index (χ1n) is 32.6. The molecule has 97 heavy (non-hydrogen) atoms. The van der Waals surface area contributed by atoms with E-state index in [4.69, 9.17) is 42.0 Å². The molecular formula is C71H90ClFN6O18. The van der Waals surface area contributed by atoms with E-state index in [0.29, 0.717) is 12.8 Å². The van der Waals surface area contributed by atoms with Gasteiger partial charge in [0.1, 0.15) is 47.4 Å². The number of fused-ring (bicyclic) bond motifs is 5. The number of Topliss-reactive ketones (excluding diaryl/α,β-unsaturated/α-hetero) is 2. The number of rotatable bonds is 28. The average Bonchev–Trinajstić information content (AvgIpc) is 0.674. The van der Waals surface area contributed by atoms with Gasteiger partial charge in [-0.25, -0.2) is 18.8 Å². The smallest absolute Gasteiger partial charge is 0.408 e. The van der Waals surface area contributed by atoms with Crippen molar-refractivity contribution in [3.63, 3.8) is 0 Å². The van der Waals surface area contributed by atoms with E-state index in [-0.39, 0.29) is 83.8 Å². The Morgan fingerprint density at radius 1 is 0.825 bits per heavy atom. The van der Waals surface area contributed by atoms with Crippen LogP contribution in [0.15, 0.2) is 96.1 Å². The lowest BCUT2D eigenvalue weighted by atomic mass is 9.37. The SMILES string of the molecule is CC1=C2[C@@H](O)C(=O)[C@@]3(C)[C@H]([C@H](OC(=O)c4ccccc4)[C@](O)(C[C@@H]1OC(=O)[C@H](OC(=O)CCC(=O)NCCCCC(NC(=O)CC[C@H](CC(=O)C(C)NC(=O)/C=C/c1ccc(Cl)cc1F)C(N)=O)C(N)=O)[C@H](NC(=O)OC(C)(C)C)c1ccccc1)C2(C)C)[C@]1(C)CC[C@@H]1C[C@@H]3O. The number of hydrogen-bond donors (Lipinski definition) is 9. The molecule has 0 saturated heterocycles. The lowest BCUT2D eigenvalue weighted by Crippen LogP contribution is -2.75. The van der Waals surface area contributed by atoms with Gasteiger partial charge in [0.15, 0.2) is 11.6 Å². The van der Waals surface area contributed by atoms with Crippen LogP contribution < -0.4 is 32.7 Å². The second kappa shape index (κ2) is 31.4. The molecule has 4 aliphatic carbocycles. The molecule has 7 rings (SSSR count). The van der Waals surface area contributed by atoms with Crippen molar-refractivity contribution in [3.05, 3.63) is 124 Å². The van der Waals surface area contributed by atoms with Gasteiger partial charge in [0.2, 0.25) is 35.6 Å². The number of amides is 6. The van der Waals surface area contributed by atoms with Crippen molar-refractivity contribution in [2.75, 3.05) is 6.54 Å². The van der Waals surface area contributed by atoms with Crippen molar-refractivity contribution < 1.29 is 91.4 Å². The first kappa shape index (κ1) is 76.0. The highest BCUT2D eigenvalue weighted by Crippen LogP contribution is 2.69. The van der Waals surface area contributed by atoms with Gasteiger partial charge in [0.05, 0.1) is 29.5 Å². The number of ether oxygens (including phenoxy) is 4. The maximum absolute atomic E-state index is 15.3. The van der Waals surface area contributed by atoms with Gasteiger partial charge < -0.3 is 67.0 Å². The van der Waals surface area contributed by atoms with Crippen LogP contribution in [0.5, 0.6) is 0 Å². The van der Waals surface area contributed by atoms with Crippen LogP contribution in [0.2, 0.25) is 5.02 Å². The van der Waals surface area contributed by atoms with Crippen LogP contribution in [0.1, 0.15) is 167 Å². The number of aliphatic hydroxyl groups excluding tert-OH is 2. The third kappa shape index (κ3) is 17.7. The molecule has 3 aromatic carbocycles. The molecule has 0 heterocycles. The Hall–Kier alpha value is -8.39. The molecule has 3 aromatic rings. The summed E-state index contributed by atoms with van der Waals surface area (Å²) in [6, 6.07) is 16.0. The molecule has 3 saturated carbocycles. The van der Waals surface area contributed by atoms with Gasteiger partial charge in [-0.05, 0) is 145 Å². The van der Waals surface area contributed by atoms with Crippen LogP contribution in [0.3, 0.4) is 0 Å². The quantitative estimate of drug-likeness (QED) is 0.0125. The zero-order valence-electron chi connectivity index (χ0n) is 56.1. The number of aliphatic hydroxyl groups is 3. The van der Waals surface area contributed by atoms with Crippen molar-refractivity contribution in [3.8, 4) is 0 Å². The number of primary amides is 2. The molecule has 0 aromatic heterocycles. The van der Waals surface area contributed by atoms with Crippen LogP contribution in [0, 0.1) is 39.8 Å². The summed E-state index contributed by atoms with van der Waals surface area (Å²) in [5.74, 6) is -11.5. The van der Waals surface area contributed by atoms with Gasteiger partial charge in [-0.15, -0.1) is 0 Å². The van der Waals surface area contributed by atoms with Crippen LogP contribution in [0.4, 0.5) is 9.18 Å². The van der Waals surface area contributed by atoms with E-state index in [2.05, 4.69) is 21.3 Å². The predicted molar refractivity (Wildman–Crippen MR) is 351 cm³/mol. The summed E-state index contributed by atoms with van der Waals surface area (Å²) in [5, 5.41) is 48.8. The third-order valence-corrected chi connectivity index (χ3v) is 20.1. The zero-order valence-corrected chi connectivity index (χ0v) is 56.8. The van der Waals surface area contributed by atoms with E-state index in [9.17, 15) is 62.9 Å². The number of nitrogens with two attached hydrogens (primary N) is 2. The Morgan fingerprint density at radius 2 is 1.48 bits per heavy atom. The maximum atomic E-state index is 15.3. The number of nitrogens with one attached hydrogen (secondary N) is 4. The Bertz CT molecular complexity index is 3540. The lowest BCUT2D eigenvalue weighted by Gasteiger charge is -2.68. The predicted octanol–water partition coefficient (Wildman–Crippen LogP) is 6.41. The summed E-state index contributed by atoms with van der Waals surface area (Å²) in [6.45, 7) is 14.4. The first-order chi connectivity index (χ1) is 45.4. The van der Waals surface area contributed by atoms with Gasteiger partial charge in [-0.1, -0.05) is 87.0 Å². The van der Waals surface area contributed by atoms with Gasteiger partial charge in [0, 0.05) is 66.1 Å². The lowest BCUT2D eigenvalue weighted by molar-refractivity contribution is -0.266. The number of hydrogen-bond acceptors (Lipinski definition) is 18. The Kier molecular flexibility index (Phi) is 24.6. The van der Waals surface area contributed by atoms with Gasteiger partial charge in [-0.3, -0.25) is 38.4 Å². The number of esters is 3. The molecule has 0 radical (unpaired) electrons. The summed E-state index contributed by atoms with van der Waals surface area (Å²) in [7, 11) is 0. The van der Waals surface area contributed by atoms with Gasteiger partial charge in [-0.2, -0.15) is 0 Å². The minimum Gasteiger partial charge on any atom is -0.455 e. The molecule has 3 fully saturated rings. The average molecular weight is 1370 g/mol. The van der Waals surface area contributed by atoms with Crippen molar-refractivity contribution in [2.24, 2.45) is 45.5 Å². The fraction of sp³-hybridized carbons (Fsp3) is 0.535. The molecule has 24 nitrogen and oxygen atoms in total. The van der Waals surface area contributed by atoms with E-state index in [0.717, 1.165) is 12.1 Å². The topological polar surface area (TPSA) is 386 Å². The van der Waals surface area contributed by atoms with Crippen LogP contribution in [-0.2, 0) is 62.1 Å².